The number of nitrogens with zero attached hydrogens (tertiary/aromatic N) is 2. The molecule has 1 unspecified atom stereocenters. The molecule has 0 bridgehead atoms. The van der Waals surface area contributed by atoms with E-state index in [1.165, 1.54) is 5.56 Å². The molecule has 1 atom stereocenters. The zero-order chi connectivity index (χ0) is 18.4. The molecule has 0 aliphatic carbocycles. The van der Waals surface area contributed by atoms with Gasteiger partial charge in [0.1, 0.15) is 17.3 Å². The van der Waals surface area contributed by atoms with Crippen LogP contribution in [-0.2, 0) is 17.7 Å². The molecule has 0 saturated carbocycles. The normalized spacial score (nSPS) is 17.8. The van der Waals surface area contributed by atoms with Crippen LogP contribution in [0.3, 0.4) is 0 Å². The molecule has 6 nitrogen and oxygen atoms in total. The van der Waals surface area contributed by atoms with Crippen LogP contribution in [0.15, 0.2) is 36.5 Å². The third-order valence-corrected chi connectivity index (χ3v) is 4.71. The molecular weight excluding hydrogens is 330 g/mol. The number of aryl methyl sites for hydroxylation is 1. The highest BCUT2D eigenvalue weighted by Crippen LogP contribution is 2.26. The Morgan fingerprint density at radius 2 is 2.12 bits per heavy atom. The second-order valence-corrected chi connectivity index (χ2v) is 6.53. The maximum atomic E-state index is 5.95. The first kappa shape index (κ1) is 18.5. The summed E-state index contributed by atoms with van der Waals surface area (Å²) in [5, 5.41) is 0. The molecule has 1 aromatic heterocycles. The van der Waals surface area contributed by atoms with Crippen molar-refractivity contribution < 1.29 is 14.2 Å². The maximum absolute atomic E-state index is 5.95. The third-order valence-electron chi connectivity index (χ3n) is 4.71. The molecule has 1 fully saturated rings. The van der Waals surface area contributed by atoms with E-state index in [9.17, 15) is 0 Å². The largest absolute Gasteiger partial charge is 0.497 e. The molecule has 140 valence electrons. The highest BCUT2D eigenvalue weighted by atomic mass is 16.5. The molecule has 1 aromatic carbocycles. The average Bonchev–Trinajstić information content (AvgIpc) is 2.67. The van der Waals surface area contributed by atoms with Crippen molar-refractivity contribution in [3.05, 3.63) is 47.7 Å². The van der Waals surface area contributed by atoms with Gasteiger partial charge in [0.05, 0.1) is 26.9 Å². The van der Waals surface area contributed by atoms with Crippen LogP contribution >= 0.6 is 0 Å². The van der Waals surface area contributed by atoms with Crippen molar-refractivity contribution in [3.63, 3.8) is 0 Å². The number of hydrogen-bond donors (Lipinski definition) is 1. The lowest BCUT2D eigenvalue weighted by atomic mass is 10.1. The molecule has 6 heteroatoms. The molecule has 26 heavy (non-hydrogen) atoms. The zero-order valence-electron chi connectivity index (χ0n) is 15.5. The van der Waals surface area contributed by atoms with Crippen molar-refractivity contribution in [3.8, 4) is 11.5 Å². The van der Waals surface area contributed by atoms with Gasteiger partial charge in [0, 0.05) is 37.5 Å². The lowest BCUT2D eigenvalue weighted by Crippen LogP contribution is -2.42. The van der Waals surface area contributed by atoms with Crippen LogP contribution in [0.1, 0.15) is 17.5 Å². The topological polar surface area (TPSA) is 69.8 Å². The van der Waals surface area contributed by atoms with Gasteiger partial charge >= 0.3 is 0 Å². The van der Waals surface area contributed by atoms with E-state index in [4.69, 9.17) is 19.9 Å². The summed E-state index contributed by atoms with van der Waals surface area (Å²) in [6.45, 7) is 3.43. The maximum Gasteiger partial charge on any atom is 0.127 e. The number of methoxy groups -OCH3 is 2. The summed E-state index contributed by atoms with van der Waals surface area (Å²) in [6, 6.07) is 9.93. The van der Waals surface area contributed by atoms with E-state index in [1.54, 1.807) is 20.4 Å². The highest BCUT2D eigenvalue weighted by Gasteiger charge is 2.21. The second-order valence-electron chi connectivity index (χ2n) is 6.53. The Morgan fingerprint density at radius 1 is 1.23 bits per heavy atom. The van der Waals surface area contributed by atoms with E-state index < -0.39 is 0 Å². The summed E-state index contributed by atoms with van der Waals surface area (Å²) in [7, 11) is 3.36. The summed E-state index contributed by atoms with van der Waals surface area (Å²) in [5.41, 5.74) is 8.12. The smallest absolute Gasteiger partial charge is 0.127 e. The summed E-state index contributed by atoms with van der Waals surface area (Å²) in [5.74, 6) is 2.24. The van der Waals surface area contributed by atoms with Gasteiger partial charge < -0.3 is 19.9 Å². The predicted octanol–water partition coefficient (Wildman–Crippen LogP) is 2.51. The fraction of sp³-hybridized carbons (Fsp3) is 0.450. The van der Waals surface area contributed by atoms with E-state index in [1.807, 2.05) is 24.3 Å². The van der Waals surface area contributed by atoms with Gasteiger partial charge in [-0.05, 0) is 36.6 Å². The Hall–Kier alpha value is -2.31. The summed E-state index contributed by atoms with van der Waals surface area (Å²) < 4.78 is 16.7. The molecule has 2 N–H and O–H groups in total. The number of aromatic nitrogens is 1. The number of pyridine rings is 1. The minimum Gasteiger partial charge on any atom is -0.497 e. The summed E-state index contributed by atoms with van der Waals surface area (Å²) in [4.78, 5) is 6.46. The molecule has 1 aliphatic rings. The quantitative estimate of drug-likeness (QED) is 0.821. The summed E-state index contributed by atoms with van der Waals surface area (Å²) >= 11 is 0. The van der Waals surface area contributed by atoms with Gasteiger partial charge in [0.15, 0.2) is 0 Å². The van der Waals surface area contributed by atoms with Crippen molar-refractivity contribution in [1.82, 2.24) is 9.88 Å². The fourth-order valence-electron chi connectivity index (χ4n) is 3.30. The van der Waals surface area contributed by atoms with E-state index in [0.717, 1.165) is 56.1 Å². The Morgan fingerprint density at radius 3 is 2.88 bits per heavy atom. The van der Waals surface area contributed by atoms with E-state index in [-0.39, 0.29) is 6.10 Å². The molecule has 0 amide bonds. The molecule has 1 saturated heterocycles. The average molecular weight is 357 g/mol. The minimum atomic E-state index is 0.224. The number of hydrogen-bond acceptors (Lipinski definition) is 6. The van der Waals surface area contributed by atoms with E-state index >= 15 is 0 Å². The monoisotopic (exact) mass is 357 g/mol. The Bertz CT molecular complexity index is 723. The number of anilines is 1. The van der Waals surface area contributed by atoms with Gasteiger partial charge in [0.2, 0.25) is 0 Å². The fourth-order valence-corrected chi connectivity index (χ4v) is 3.30. The van der Waals surface area contributed by atoms with Crippen molar-refractivity contribution in [1.29, 1.82) is 0 Å². The number of rotatable bonds is 7. The van der Waals surface area contributed by atoms with Gasteiger partial charge in [-0.15, -0.1) is 0 Å². The molecule has 0 spiro atoms. The van der Waals surface area contributed by atoms with Gasteiger partial charge in [-0.25, -0.2) is 4.98 Å². The molecular formula is C20H27N3O3. The first-order valence-electron chi connectivity index (χ1n) is 8.93. The molecule has 2 aromatic rings. The lowest BCUT2D eigenvalue weighted by molar-refractivity contribution is -0.0347. The Kier molecular flexibility index (Phi) is 6.30. The second kappa shape index (κ2) is 8.87. The van der Waals surface area contributed by atoms with Crippen molar-refractivity contribution in [2.24, 2.45) is 0 Å². The molecule has 0 radical (unpaired) electrons. The van der Waals surface area contributed by atoms with Gasteiger partial charge in [-0.1, -0.05) is 6.07 Å². The van der Waals surface area contributed by atoms with Crippen LogP contribution in [0.2, 0.25) is 0 Å². The van der Waals surface area contributed by atoms with Crippen molar-refractivity contribution in [2.75, 3.05) is 39.6 Å². The van der Waals surface area contributed by atoms with Crippen LogP contribution in [-0.4, -0.2) is 49.9 Å². The molecule has 2 heterocycles. The Balaban J connectivity index is 1.56. The SMILES string of the molecule is COc1ccc(CN2CCOC(CCc3ccnc(N)c3)C2)c(OC)c1. The number of benzene rings is 1. The van der Waals surface area contributed by atoms with Gasteiger partial charge in [-0.2, -0.15) is 0 Å². The van der Waals surface area contributed by atoms with Gasteiger partial charge in [-0.3, -0.25) is 4.90 Å². The zero-order valence-corrected chi connectivity index (χ0v) is 15.5. The van der Waals surface area contributed by atoms with E-state index in [0.29, 0.717) is 5.82 Å². The Labute approximate surface area is 154 Å². The summed E-state index contributed by atoms with van der Waals surface area (Å²) in [6.07, 6.45) is 3.90. The van der Waals surface area contributed by atoms with Crippen LogP contribution < -0.4 is 15.2 Å². The number of ether oxygens (including phenoxy) is 3. The highest BCUT2D eigenvalue weighted by molar-refractivity contribution is 5.40. The minimum absolute atomic E-state index is 0.224. The number of nitrogens with two attached hydrogens (primary N) is 1. The lowest BCUT2D eigenvalue weighted by Gasteiger charge is -2.33. The standard InChI is InChI=1S/C20H27N3O3/c1-24-17-6-4-16(19(12-17)25-2)13-23-9-10-26-18(14-23)5-3-15-7-8-22-20(21)11-15/h4,6-8,11-12,18H,3,5,9-10,13-14H2,1-2H3,(H2,21,22). The predicted molar refractivity (Wildman–Crippen MR) is 102 cm³/mol. The third kappa shape index (κ3) is 4.86. The van der Waals surface area contributed by atoms with Crippen LogP contribution in [0.25, 0.3) is 0 Å². The number of nitrogen functional groups attached to an aromatic ring is 1. The number of morpholine rings is 1. The van der Waals surface area contributed by atoms with Crippen molar-refractivity contribution in [2.45, 2.75) is 25.5 Å². The van der Waals surface area contributed by atoms with Crippen LogP contribution in [0, 0.1) is 0 Å². The van der Waals surface area contributed by atoms with Gasteiger partial charge in [0.25, 0.3) is 0 Å². The molecule has 3 rings (SSSR count). The first-order valence-corrected chi connectivity index (χ1v) is 8.93. The van der Waals surface area contributed by atoms with Crippen LogP contribution in [0.5, 0.6) is 11.5 Å². The van der Waals surface area contributed by atoms with Crippen LogP contribution in [0.4, 0.5) is 5.82 Å². The first-order chi connectivity index (χ1) is 12.7. The van der Waals surface area contributed by atoms with E-state index in [2.05, 4.69) is 16.0 Å². The molecule has 1 aliphatic heterocycles. The van der Waals surface area contributed by atoms with Crippen molar-refractivity contribution >= 4 is 5.82 Å².